The van der Waals surface area contributed by atoms with Crippen LogP contribution in [0.25, 0.3) is 0 Å². The molecule has 4 saturated heterocycles. The molecular weight excluding hydrogens is 342 g/mol. The molecule has 0 aromatic heterocycles. The molecule has 0 radical (unpaired) electrons. The molecule has 0 aromatic carbocycles. The van der Waals surface area contributed by atoms with Gasteiger partial charge in [-0.25, -0.2) is 0 Å². The van der Waals surface area contributed by atoms with Crippen molar-refractivity contribution in [1.29, 1.82) is 0 Å². The Balaban J connectivity index is 1.49. The summed E-state index contributed by atoms with van der Waals surface area (Å²) in [5.74, 6) is 1.47. The number of fused-ring (bicyclic) bond motifs is 3. The number of ether oxygens (including phenoxy) is 2. The Morgan fingerprint density at radius 3 is 2.81 bits per heavy atom. The quantitative estimate of drug-likeness (QED) is 0.768. The van der Waals surface area contributed by atoms with E-state index >= 15 is 0 Å². The van der Waals surface area contributed by atoms with E-state index in [1.165, 1.54) is 12.8 Å². The number of aliphatic hydroxyl groups excluding tert-OH is 1. The Bertz CT molecular complexity index is 716. The van der Waals surface area contributed by atoms with Crippen LogP contribution in [0.5, 0.6) is 0 Å². The van der Waals surface area contributed by atoms with E-state index in [9.17, 15) is 10.2 Å². The number of nitrogens with zero attached hydrogens (tertiary/aromatic N) is 1. The lowest BCUT2D eigenvalue weighted by molar-refractivity contribution is -0.391. The number of hydrogen-bond donors (Lipinski definition) is 2. The van der Waals surface area contributed by atoms with Crippen molar-refractivity contribution < 1.29 is 19.7 Å². The number of rotatable bonds is 2. The van der Waals surface area contributed by atoms with E-state index in [0.717, 1.165) is 19.4 Å². The fourth-order valence-electron chi connectivity index (χ4n) is 10.6. The van der Waals surface area contributed by atoms with Gasteiger partial charge in [-0.2, -0.15) is 0 Å². The van der Waals surface area contributed by atoms with Crippen molar-refractivity contribution in [1.82, 2.24) is 4.90 Å². The number of aliphatic hydroxyl groups is 2. The third kappa shape index (κ3) is 1.38. The van der Waals surface area contributed by atoms with Gasteiger partial charge in [-0.05, 0) is 44.1 Å². The van der Waals surface area contributed by atoms with Crippen molar-refractivity contribution in [2.24, 2.45) is 40.4 Å². The van der Waals surface area contributed by atoms with Crippen LogP contribution in [0.3, 0.4) is 0 Å². The van der Waals surface area contributed by atoms with Gasteiger partial charge in [0.25, 0.3) is 0 Å². The monoisotopic (exact) mass is 375 g/mol. The summed E-state index contributed by atoms with van der Waals surface area (Å²) in [7, 11) is 1.76. The van der Waals surface area contributed by atoms with Crippen molar-refractivity contribution in [2.75, 3.05) is 13.7 Å². The molecule has 13 atom stereocenters. The van der Waals surface area contributed by atoms with Gasteiger partial charge in [0.05, 0.1) is 23.9 Å². The van der Waals surface area contributed by atoms with Crippen molar-refractivity contribution in [3.05, 3.63) is 0 Å². The van der Waals surface area contributed by atoms with Gasteiger partial charge in [0.2, 0.25) is 0 Å². The van der Waals surface area contributed by atoms with Gasteiger partial charge >= 0.3 is 0 Å². The maximum absolute atomic E-state index is 12.2. The SMILES string of the molecule is CCN1C2OC3CCC2(C)C2CC4C1C32C1CC2C(OC)CC4(O)C1C2O. The lowest BCUT2D eigenvalue weighted by Gasteiger charge is -2.75. The van der Waals surface area contributed by atoms with Gasteiger partial charge in [-0.15, -0.1) is 0 Å². The molecule has 9 bridgehead atoms. The molecule has 0 aromatic rings. The number of methoxy groups -OCH3 is 1. The average Bonchev–Trinajstić information content (AvgIpc) is 3.11. The van der Waals surface area contributed by atoms with E-state index in [1.807, 2.05) is 0 Å². The summed E-state index contributed by atoms with van der Waals surface area (Å²) < 4.78 is 12.6. The van der Waals surface area contributed by atoms with Gasteiger partial charge in [-0.1, -0.05) is 13.8 Å². The van der Waals surface area contributed by atoms with Crippen LogP contribution in [0.1, 0.15) is 46.0 Å². The molecule has 2 N–H and O–H groups in total. The largest absolute Gasteiger partial charge is 0.392 e. The van der Waals surface area contributed by atoms with E-state index in [-0.39, 0.29) is 40.9 Å². The van der Waals surface area contributed by atoms with Crippen LogP contribution >= 0.6 is 0 Å². The summed E-state index contributed by atoms with van der Waals surface area (Å²) in [6.07, 6.45) is 5.38. The second kappa shape index (κ2) is 4.59. The molecule has 5 heteroatoms. The molecule has 9 fully saturated rings. The van der Waals surface area contributed by atoms with Gasteiger partial charge < -0.3 is 19.7 Å². The minimum atomic E-state index is -0.782. The Morgan fingerprint density at radius 2 is 2.07 bits per heavy atom. The minimum Gasteiger partial charge on any atom is -0.392 e. The van der Waals surface area contributed by atoms with E-state index in [2.05, 4.69) is 18.7 Å². The summed E-state index contributed by atoms with van der Waals surface area (Å²) in [4.78, 5) is 2.64. The van der Waals surface area contributed by atoms with Crippen LogP contribution < -0.4 is 0 Å². The summed E-state index contributed by atoms with van der Waals surface area (Å²) in [5.41, 5.74) is -0.442. The Morgan fingerprint density at radius 1 is 1.26 bits per heavy atom. The molecular formula is C22H33NO4. The first kappa shape index (κ1) is 16.6. The highest BCUT2D eigenvalue weighted by Crippen LogP contribution is 2.82. The zero-order valence-electron chi connectivity index (χ0n) is 16.7. The predicted octanol–water partition coefficient (Wildman–Crippen LogP) is 1.61. The zero-order valence-corrected chi connectivity index (χ0v) is 16.7. The Hall–Kier alpha value is -0.200. The van der Waals surface area contributed by atoms with Crippen LogP contribution in [0.2, 0.25) is 0 Å². The van der Waals surface area contributed by atoms with Crippen molar-refractivity contribution >= 4 is 0 Å². The maximum Gasteiger partial charge on any atom is 0.116 e. The summed E-state index contributed by atoms with van der Waals surface area (Å²) >= 11 is 0. The fraction of sp³-hybridized carbons (Fsp3) is 1.00. The topological polar surface area (TPSA) is 62.2 Å². The van der Waals surface area contributed by atoms with Crippen molar-refractivity contribution in [3.63, 3.8) is 0 Å². The van der Waals surface area contributed by atoms with Gasteiger partial charge in [0.1, 0.15) is 6.23 Å². The Labute approximate surface area is 161 Å². The number of hydrogen-bond acceptors (Lipinski definition) is 5. The van der Waals surface area contributed by atoms with Gasteiger partial charge in [-0.3, -0.25) is 4.90 Å². The molecule has 1 spiro atoms. The zero-order chi connectivity index (χ0) is 18.5. The molecule has 27 heavy (non-hydrogen) atoms. The van der Waals surface area contributed by atoms with Crippen molar-refractivity contribution in [2.45, 2.75) is 82.1 Å². The number of piperidine rings is 1. The first-order valence-corrected chi connectivity index (χ1v) is 11.3. The molecule has 9 rings (SSSR count). The average molecular weight is 376 g/mol. The molecule has 9 aliphatic rings. The highest BCUT2D eigenvalue weighted by atomic mass is 16.5. The first-order valence-electron chi connectivity index (χ1n) is 11.3. The van der Waals surface area contributed by atoms with Gasteiger partial charge in [0, 0.05) is 48.2 Å². The maximum atomic E-state index is 12.2. The summed E-state index contributed by atoms with van der Waals surface area (Å²) in [6.45, 7) is 5.73. The standard InChI is InChI=1S/C22H33NO4/c1-4-23-18-12-8-14-20(2)6-5-15(27-19(20)23)22(14,18)11-7-10-13(26-3)9-21(12,25)16(11)17(10)24/h10-19,24-25H,4-9H2,1-3H3. The van der Waals surface area contributed by atoms with Crippen LogP contribution in [-0.2, 0) is 9.47 Å². The minimum absolute atomic E-state index is 0.0113. The van der Waals surface area contributed by atoms with E-state index in [0.29, 0.717) is 30.4 Å². The van der Waals surface area contributed by atoms with E-state index < -0.39 is 11.7 Å². The molecule has 4 aliphatic heterocycles. The predicted molar refractivity (Wildman–Crippen MR) is 97.7 cm³/mol. The van der Waals surface area contributed by atoms with Crippen molar-refractivity contribution in [3.8, 4) is 0 Å². The lowest BCUT2D eigenvalue weighted by atomic mass is 9.41. The van der Waals surface area contributed by atoms with Crippen LogP contribution in [-0.4, -0.2) is 65.0 Å². The van der Waals surface area contributed by atoms with E-state index in [4.69, 9.17) is 9.47 Å². The molecule has 5 nitrogen and oxygen atoms in total. The summed E-state index contributed by atoms with van der Waals surface area (Å²) in [5, 5.41) is 23.5. The van der Waals surface area contributed by atoms with Crippen LogP contribution in [0.15, 0.2) is 0 Å². The van der Waals surface area contributed by atoms with E-state index in [1.54, 1.807) is 7.11 Å². The highest BCUT2D eigenvalue weighted by Gasteiger charge is 2.86. The smallest absolute Gasteiger partial charge is 0.116 e. The van der Waals surface area contributed by atoms with Gasteiger partial charge in [0.15, 0.2) is 0 Å². The summed E-state index contributed by atoms with van der Waals surface area (Å²) in [6, 6.07) is 0.428. The van der Waals surface area contributed by atoms with Crippen LogP contribution in [0.4, 0.5) is 0 Å². The Kier molecular flexibility index (Phi) is 2.82. The normalized spacial score (nSPS) is 70.1. The lowest BCUT2D eigenvalue weighted by Crippen LogP contribution is -2.82. The second-order valence-corrected chi connectivity index (χ2v) is 11.2. The highest BCUT2D eigenvalue weighted by molar-refractivity contribution is 5.35. The second-order valence-electron chi connectivity index (χ2n) is 11.2. The van der Waals surface area contributed by atoms with Crippen LogP contribution in [0, 0.1) is 40.4 Å². The third-order valence-electron chi connectivity index (χ3n) is 11.1. The molecule has 5 saturated carbocycles. The third-order valence-corrected chi connectivity index (χ3v) is 11.1. The molecule has 13 unspecified atom stereocenters. The molecule has 4 heterocycles. The fourth-order valence-corrected chi connectivity index (χ4v) is 10.6. The molecule has 150 valence electrons. The molecule has 5 aliphatic carbocycles. The molecule has 0 amide bonds. The first-order chi connectivity index (χ1) is 12.9.